The zero-order valence-corrected chi connectivity index (χ0v) is 14.5. The monoisotopic (exact) mass is 344 g/mol. The van der Waals surface area contributed by atoms with E-state index in [0.717, 1.165) is 43.6 Å². The molecule has 1 fully saturated rings. The van der Waals surface area contributed by atoms with Gasteiger partial charge in [-0.25, -0.2) is 4.79 Å². The van der Waals surface area contributed by atoms with Crippen LogP contribution in [0.2, 0.25) is 0 Å². The van der Waals surface area contributed by atoms with Gasteiger partial charge in [0.25, 0.3) is 5.56 Å². The molecular formula is C15H25ClN4O3. The molecule has 0 aromatic carbocycles. The van der Waals surface area contributed by atoms with E-state index >= 15 is 0 Å². The average molecular weight is 345 g/mol. The van der Waals surface area contributed by atoms with E-state index < -0.39 is 5.69 Å². The molecule has 1 N–H and O–H groups in total. The average Bonchev–Trinajstić information content (AvgIpc) is 2.54. The number of likely N-dealkylation sites (tertiary alicyclic amines) is 1. The van der Waals surface area contributed by atoms with Crippen LogP contribution < -0.4 is 16.6 Å². The molecule has 0 atom stereocenters. The summed E-state index contributed by atoms with van der Waals surface area (Å²) in [4.78, 5) is 37.4. The molecular weight excluding hydrogens is 320 g/mol. The minimum Gasteiger partial charge on any atom is -0.341 e. The van der Waals surface area contributed by atoms with Crippen molar-refractivity contribution in [2.24, 2.45) is 13.0 Å². The van der Waals surface area contributed by atoms with Crippen LogP contribution in [0.5, 0.6) is 0 Å². The highest BCUT2D eigenvalue weighted by Gasteiger charge is 2.22. The van der Waals surface area contributed by atoms with Gasteiger partial charge in [0.1, 0.15) is 6.54 Å². The first-order valence-corrected chi connectivity index (χ1v) is 7.78. The van der Waals surface area contributed by atoms with Crippen LogP contribution in [0.1, 0.15) is 19.8 Å². The first-order chi connectivity index (χ1) is 10.5. The maximum atomic E-state index is 12.3. The van der Waals surface area contributed by atoms with Gasteiger partial charge in [0, 0.05) is 32.4 Å². The fourth-order valence-electron chi connectivity index (χ4n) is 2.72. The molecule has 8 heteroatoms. The highest BCUT2D eigenvalue weighted by molar-refractivity contribution is 5.85. The lowest BCUT2D eigenvalue weighted by Gasteiger charge is -2.32. The normalized spacial score (nSPS) is 15.3. The Bertz CT molecular complexity index is 632. The lowest BCUT2D eigenvalue weighted by atomic mass is 9.97. The number of nitrogens with one attached hydrogen (secondary N) is 1. The number of nitrogens with zero attached hydrogens (tertiary/aromatic N) is 3. The highest BCUT2D eigenvalue weighted by atomic mass is 35.5. The van der Waals surface area contributed by atoms with Gasteiger partial charge >= 0.3 is 5.69 Å². The van der Waals surface area contributed by atoms with Crippen LogP contribution in [-0.2, 0) is 18.4 Å². The smallest absolute Gasteiger partial charge is 0.331 e. The van der Waals surface area contributed by atoms with Crippen molar-refractivity contribution in [3.63, 3.8) is 0 Å². The number of halogens is 1. The number of amides is 1. The molecule has 0 spiro atoms. The number of piperidine rings is 1. The summed E-state index contributed by atoms with van der Waals surface area (Å²) in [6, 6.07) is 1.30. The fourth-order valence-corrected chi connectivity index (χ4v) is 2.72. The molecule has 1 aliphatic heterocycles. The largest absolute Gasteiger partial charge is 0.341 e. The lowest BCUT2D eigenvalue weighted by molar-refractivity contribution is -0.133. The standard InChI is InChI=1S/C15H24N4O3.ClH/c1-3-16-10-12-4-7-18(8-5-12)14(21)11-19-9-6-13(20)17(2)15(19)22;/h6,9,12,16H,3-5,7-8,10-11H2,1-2H3;1H. The molecule has 7 nitrogen and oxygen atoms in total. The molecule has 2 heterocycles. The second-order valence-electron chi connectivity index (χ2n) is 5.76. The molecule has 0 unspecified atom stereocenters. The predicted molar refractivity (Wildman–Crippen MR) is 91.0 cm³/mol. The Morgan fingerprint density at radius 1 is 1.30 bits per heavy atom. The first kappa shape index (κ1) is 19.4. The van der Waals surface area contributed by atoms with Gasteiger partial charge in [0.05, 0.1) is 0 Å². The van der Waals surface area contributed by atoms with Crippen molar-refractivity contribution < 1.29 is 4.79 Å². The van der Waals surface area contributed by atoms with Crippen LogP contribution in [-0.4, -0.2) is 46.1 Å². The van der Waals surface area contributed by atoms with Crippen molar-refractivity contribution in [1.29, 1.82) is 0 Å². The van der Waals surface area contributed by atoms with Crippen LogP contribution in [0, 0.1) is 5.92 Å². The van der Waals surface area contributed by atoms with Crippen LogP contribution >= 0.6 is 12.4 Å². The Morgan fingerprint density at radius 2 is 1.96 bits per heavy atom. The maximum Gasteiger partial charge on any atom is 0.331 e. The topological polar surface area (TPSA) is 76.3 Å². The second-order valence-corrected chi connectivity index (χ2v) is 5.76. The summed E-state index contributed by atoms with van der Waals surface area (Å²) in [5.41, 5.74) is -0.819. The minimum atomic E-state index is -0.456. The zero-order valence-electron chi connectivity index (χ0n) is 13.7. The fraction of sp³-hybridized carbons (Fsp3) is 0.667. The number of rotatable bonds is 5. The molecule has 0 radical (unpaired) electrons. The second kappa shape index (κ2) is 8.88. The van der Waals surface area contributed by atoms with Crippen LogP contribution in [0.25, 0.3) is 0 Å². The van der Waals surface area contributed by atoms with Crippen molar-refractivity contribution in [1.82, 2.24) is 19.4 Å². The van der Waals surface area contributed by atoms with E-state index in [1.807, 2.05) is 0 Å². The predicted octanol–water partition coefficient (Wildman–Crippen LogP) is -0.183. The Kier molecular flexibility index (Phi) is 7.51. The van der Waals surface area contributed by atoms with E-state index in [1.54, 1.807) is 4.90 Å². The summed E-state index contributed by atoms with van der Waals surface area (Å²) < 4.78 is 2.30. The number of carbonyl (C=O) groups is 1. The highest BCUT2D eigenvalue weighted by Crippen LogP contribution is 2.16. The van der Waals surface area contributed by atoms with Gasteiger partial charge in [-0.1, -0.05) is 6.92 Å². The van der Waals surface area contributed by atoms with Crippen molar-refractivity contribution in [2.45, 2.75) is 26.3 Å². The van der Waals surface area contributed by atoms with Crippen LogP contribution in [0.15, 0.2) is 21.9 Å². The zero-order chi connectivity index (χ0) is 16.1. The summed E-state index contributed by atoms with van der Waals surface area (Å²) in [6.07, 6.45) is 3.36. The Balaban J connectivity index is 0.00000264. The van der Waals surface area contributed by atoms with Gasteiger partial charge in [0.2, 0.25) is 5.91 Å². The third-order valence-electron chi connectivity index (χ3n) is 4.22. The third kappa shape index (κ3) is 4.94. The van der Waals surface area contributed by atoms with Gasteiger partial charge in [-0.2, -0.15) is 0 Å². The van der Waals surface area contributed by atoms with E-state index in [2.05, 4.69) is 12.2 Å². The van der Waals surface area contributed by atoms with E-state index in [4.69, 9.17) is 0 Å². The Labute approximate surface area is 141 Å². The van der Waals surface area contributed by atoms with E-state index in [1.165, 1.54) is 23.9 Å². The van der Waals surface area contributed by atoms with Gasteiger partial charge in [0.15, 0.2) is 0 Å². The summed E-state index contributed by atoms with van der Waals surface area (Å²) in [5.74, 6) is 0.548. The van der Waals surface area contributed by atoms with Gasteiger partial charge in [-0.05, 0) is 31.8 Å². The van der Waals surface area contributed by atoms with E-state index in [-0.39, 0.29) is 30.4 Å². The SMILES string of the molecule is CCNCC1CCN(C(=O)Cn2ccc(=O)n(C)c2=O)CC1.Cl. The maximum absolute atomic E-state index is 12.3. The van der Waals surface area contributed by atoms with Crippen molar-refractivity contribution in [3.8, 4) is 0 Å². The number of hydrogen-bond acceptors (Lipinski definition) is 4. The molecule has 2 rings (SSSR count). The van der Waals surface area contributed by atoms with Crippen LogP contribution in [0.3, 0.4) is 0 Å². The molecule has 1 saturated heterocycles. The number of hydrogen-bond donors (Lipinski definition) is 1. The molecule has 1 aliphatic rings. The van der Waals surface area contributed by atoms with E-state index in [9.17, 15) is 14.4 Å². The Morgan fingerprint density at radius 3 is 2.57 bits per heavy atom. The van der Waals surface area contributed by atoms with Gasteiger partial charge < -0.3 is 10.2 Å². The van der Waals surface area contributed by atoms with Crippen molar-refractivity contribution in [3.05, 3.63) is 33.1 Å². The summed E-state index contributed by atoms with van der Waals surface area (Å²) in [5, 5.41) is 3.34. The molecule has 1 amide bonds. The number of carbonyl (C=O) groups excluding carboxylic acids is 1. The van der Waals surface area contributed by atoms with Crippen molar-refractivity contribution >= 4 is 18.3 Å². The van der Waals surface area contributed by atoms with E-state index in [0.29, 0.717) is 5.92 Å². The minimum absolute atomic E-state index is 0. The van der Waals surface area contributed by atoms with Crippen molar-refractivity contribution in [2.75, 3.05) is 26.2 Å². The summed E-state index contributed by atoms with van der Waals surface area (Å²) >= 11 is 0. The molecule has 0 bridgehead atoms. The number of aromatic nitrogens is 2. The molecule has 1 aromatic rings. The molecule has 1 aromatic heterocycles. The lowest BCUT2D eigenvalue weighted by Crippen LogP contribution is -2.44. The summed E-state index contributed by atoms with van der Waals surface area (Å²) in [7, 11) is 1.41. The molecule has 0 aliphatic carbocycles. The third-order valence-corrected chi connectivity index (χ3v) is 4.22. The summed E-state index contributed by atoms with van der Waals surface area (Å²) in [6.45, 7) is 5.51. The Hall–Kier alpha value is -1.60. The van der Waals surface area contributed by atoms with Crippen LogP contribution in [0.4, 0.5) is 0 Å². The quantitative estimate of drug-likeness (QED) is 0.803. The first-order valence-electron chi connectivity index (χ1n) is 7.78. The molecule has 130 valence electrons. The molecule has 23 heavy (non-hydrogen) atoms. The molecule has 0 saturated carbocycles. The van der Waals surface area contributed by atoms with Gasteiger partial charge in [-0.15, -0.1) is 12.4 Å². The van der Waals surface area contributed by atoms with Gasteiger partial charge in [-0.3, -0.25) is 18.7 Å².